The summed E-state index contributed by atoms with van der Waals surface area (Å²) in [5, 5.41) is 0. The smallest absolute Gasteiger partial charge is 2.00 e. The van der Waals surface area contributed by atoms with Crippen LogP contribution in [0.3, 0.4) is 0 Å². The second-order valence-corrected chi connectivity index (χ2v) is 0. The van der Waals surface area contributed by atoms with Gasteiger partial charge in [-0.2, -0.15) is 0 Å². The van der Waals surface area contributed by atoms with E-state index in [0.717, 1.165) is 0 Å². The molecule has 0 amide bonds. The molecule has 0 N–H and O–H groups in total. The molecule has 0 heterocycles. The number of hydrogen-bond donors (Lipinski definition) is 0. The van der Waals surface area contributed by atoms with E-state index in [4.69, 9.17) is 0 Å². The first kappa shape index (κ1) is 111. The maximum absolute atomic E-state index is 0. The molecule has 0 aliphatic rings. The van der Waals surface area contributed by atoms with E-state index in [2.05, 4.69) is 0 Å². The van der Waals surface area contributed by atoms with Crippen LogP contribution in [0, 0.1) is 0 Å². The second-order valence-electron chi connectivity index (χ2n) is 0. The molecule has 0 saturated carbocycles. The third-order valence-corrected chi connectivity index (χ3v) is 0. The van der Waals surface area contributed by atoms with Gasteiger partial charge >= 0.3 is 143 Å². The average Bonchev–Trinajstić information content (AvgIpc) is 0. The molecular weight excluding hydrogens is 718 g/mol. The van der Waals surface area contributed by atoms with Gasteiger partial charge < -0.3 is 33.1 Å². The molecule has 0 aromatic rings. The van der Waals surface area contributed by atoms with Crippen LogP contribution in [0.25, 0.3) is 0 Å². The summed E-state index contributed by atoms with van der Waals surface area (Å²) in [7, 11) is 0. The zero-order valence-corrected chi connectivity index (χ0v) is 24.5. The summed E-state index contributed by atoms with van der Waals surface area (Å²) in [5.74, 6) is 0. The monoisotopic (exact) mass is 723 g/mol. The van der Waals surface area contributed by atoms with E-state index in [9.17, 15) is 0 Å². The third-order valence-electron chi connectivity index (χ3n) is 0. The Morgan fingerprint density at radius 3 is 0.455 bits per heavy atom. The summed E-state index contributed by atoms with van der Waals surface area (Å²) in [6.07, 6.45) is 0. The van der Waals surface area contributed by atoms with Crippen molar-refractivity contribution in [3.63, 3.8) is 0 Å². The minimum atomic E-state index is 0. The van der Waals surface area contributed by atoms with Gasteiger partial charge in [-0.25, -0.2) is 0 Å². The van der Waals surface area contributed by atoms with Crippen LogP contribution in [-0.2, 0) is 138 Å². The molecule has 0 fully saturated rings. The Morgan fingerprint density at radius 2 is 0.455 bits per heavy atom. The first-order valence-corrected chi connectivity index (χ1v) is 0. The van der Waals surface area contributed by atoms with Crippen LogP contribution in [-0.4, -0.2) is 97.8 Å². The number of rotatable bonds is 0. The second kappa shape index (κ2) is 92.4. The molecule has 0 rings (SSSR count). The first-order chi connectivity index (χ1) is 0. The molecule has 0 bridgehead atoms. The standard InChI is InChI=1S/2Ba.2Nb.5O.2Y.4H/q2*+2;2*+5;5*-2;;;4*-1. The molecule has 0 saturated heterocycles. The Kier molecular flexibility index (Phi) is 932. The van der Waals surface area contributed by atoms with Crippen molar-refractivity contribution in [3.05, 3.63) is 0 Å². The van der Waals surface area contributed by atoms with Gasteiger partial charge in [-0.3, -0.25) is 0 Å². The molecule has 0 spiro atoms. The largest absolute Gasteiger partial charge is 5.00 e. The van der Waals surface area contributed by atoms with Gasteiger partial charge in [0.15, 0.2) is 0 Å². The molecule has 0 atom stereocenters. The fourth-order valence-corrected chi connectivity index (χ4v) is 0. The fraction of sp³-hybridized carbons (Fsp3) is 0. The summed E-state index contributed by atoms with van der Waals surface area (Å²) < 4.78 is 0. The van der Waals surface area contributed by atoms with Gasteiger partial charge in [0.25, 0.3) is 0 Å². The van der Waals surface area contributed by atoms with E-state index in [1.807, 2.05) is 0 Å². The van der Waals surface area contributed by atoms with E-state index in [0.29, 0.717) is 0 Å². The normalized spacial score (nSPS) is 0. The van der Waals surface area contributed by atoms with Crippen LogP contribution in [0.2, 0.25) is 0 Å². The molecular formula is H4Ba2Nb2O5Y2. The van der Waals surface area contributed by atoms with Crippen molar-refractivity contribution in [1.29, 1.82) is 0 Å². The zero-order chi connectivity index (χ0) is 0. The van der Waals surface area contributed by atoms with E-state index in [-0.39, 0.29) is 241 Å². The van der Waals surface area contributed by atoms with Gasteiger partial charge in [-0.15, -0.1) is 0 Å². The van der Waals surface area contributed by atoms with Crippen molar-refractivity contribution in [2.24, 2.45) is 0 Å². The Labute approximate surface area is 234 Å². The Hall–Kier alpha value is 6.63. The maximum Gasteiger partial charge on any atom is 5.00 e. The van der Waals surface area contributed by atoms with E-state index < -0.39 is 0 Å². The minimum Gasteiger partial charge on any atom is -2.00 e. The molecule has 0 aliphatic heterocycles. The zero-order valence-electron chi connectivity index (χ0n) is 9.50. The van der Waals surface area contributed by atoms with Crippen molar-refractivity contribution in [2.45, 2.75) is 0 Å². The predicted molar refractivity (Wildman–Crippen MR) is 19.4 cm³/mol. The molecule has 11 heteroatoms. The van der Waals surface area contributed by atoms with Crippen molar-refractivity contribution >= 4 is 97.8 Å². The van der Waals surface area contributed by atoms with Crippen LogP contribution in [0.5, 0.6) is 0 Å². The fourth-order valence-electron chi connectivity index (χ4n) is 0. The Bertz CT molecular complexity index is 33.0. The molecule has 0 aliphatic carbocycles. The molecule has 11 heavy (non-hydrogen) atoms. The topological polar surface area (TPSA) is 142 Å². The minimum absolute atomic E-state index is 0. The van der Waals surface area contributed by atoms with Gasteiger partial charge in [-0.05, 0) is 0 Å². The summed E-state index contributed by atoms with van der Waals surface area (Å²) >= 11 is 0. The van der Waals surface area contributed by atoms with Gasteiger partial charge in [-0.1, -0.05) is 0 Å². The van der Waals surface area contributed by atoms with E-state index in [1.54, 1.807) is 0 Å². The molecule has 0 aromatic carbocycles. The predicted octanol–water partition coefficient (Wildman–Crippen LogP) is -0.916. The first-order valence-electron chi connectivity index (χ1n) is 0. The molecule has 2 radical (unpaired) electrons. The maximum atomic E-state index is 0. The van der Waals surface area contributed by atoms with E-state index >= 15 is 0 Å². The Morgan fingerprint density at radius 1 is 0.455 bits per heavy atom. The summed E-state index contributed by atoms with van der Waals surface area (Å²) in [6, 6.07) is 0. The third kappa shape index (κ3) is 81.0. The van der Waals surface area contributed by atoms with Crippen molar-refractivity contribution in [3.8, 4) is 0 Å². The van der Waals surface area contributed by atoms with E-state index in [1.165, 1.54) is 0 Å². The van der Waals surface area contributed by atoms with Gasteiger partial charge in [0, 0.05) is 65.4 Å². The van der Waals surface area contributed by atoms with Gasteiger partial charge in [0.05, 0.1) is 0 Å². The summed E-state index contributed by atoms with van der Waals surface area (Å²) in [6.45, 7) is 0. The van der Waals surface area contributed by atoms with Crippen LogP contribution >= 0.6 is 0 Å². The summed E-state index contributed by atoms with van der Waals surface area (Å²) in [4.78, 5) is 0. The van der Waals surface area contributed by atoms with Gasteiger partial charge in [0.2, 0.25) is 0 Å². The van der Waals surface area contributed by atoms with Crippen molar-refractivity contribution in [1.82, 2.24) is 0 Å². The SMILES string of the molecule is [Ba+2].[Ba+2].[H-].[H-].[H-].[H-].[Nb+5].[Nb+5].[O-2].[O-2].[O-2].[O-2].[O-2].[Y].[Y]. The molecule has 0 aromatic heterocycles. The van der Waals surface area contributed by atoms with Crippen molar-refractivity contribution in [2.75, 3.05) is 0 Å². The van der Waals surface area contributed by atoms with Gasteiger partial charge in [0.1, 0.15) is 0 Å². The Balaban J connectivity index is 0. The average molecular weight is 722 g/mol. The molecule has 54 valence electrons. The number of hydrogen-bond acceptors (Lipinski definition) is 0. The summed E-state index contributed by atoms with van der Waals surface area (Å²) in [5.41, 5.74) is 0. The molecule has 5 nitrogen and oxygen atoms in total. The van der Waals surface area contributed by atoms with Crippen LogP contribution < -0.4 is 0 Å². The van der Waals surface area contributed by atoms with Crippen LogP contribution in [0.15, 0.2) is 0 Å². The quantitative estimate of drug-likeness (QED) is 0.286. The van der Waals surface area contributed by atoms with Crippen LogP contribution in [0.1, 0.15) is 5.71 Å². The van der Waals surface area contributed by atoms with Crippen LogP contribution in [0.4, 0.5) is 0 Å². The van der Waals surface area contributed by atoms with Crippen molar-refractivity contribution < 1.29 is 143 Å². The molecule has 0 unspecified atom stereocenters.